The van der Waals surface area contributed by atoms with Crippen molar-refractivity contribution in [3.8, 4) is 11.1 Å². The van der Waals surface area contributed by atoms with Crippen LogP contribution in [0.2, 0.25) is 5.02 Å². The number of esters is 1. The van der Waals surface area contributed by atoms with Crippen LogP contribution in [0.1, 0.15) is 12.0 Å². The van der Waals surface area contributed by atoms with Crippen molar-refractivity contribution in [2.24, 2.45) is 0 Å². The number of hydrogen-bond acceptors (Lipinski definition) is 3. The molecule has 3 nitrogen and oxygen atoms in total. The molecule has 0 atom stereocenters. The summed E-state index contributed by atoms with van der Waals surface area (Å²) in [6.07, 6.45) is 2.87. The number of carbonyl (C=O) groups excluding carboxylic acids is 1. The van der Waals surface area contributed by atoms with E-state index in [4.69, 9.17) is 11.6 Å². The Morgan fingerprint density at radius 3 is 2.65 bits per heavy atom. The summed E-state index contributed by atoms with van der Waals surface area (Å²) in [7, 11) is 1.41. The second-order valence-electron chi connectivity index (χ2n) is 5.29. The Morgan fingerprint density at radius 2 is 1.91 bits per heavy atom. The van der Waals surface area contributed by atoms with E-state index in [2.05, 4.69) is 21.9 Å². The van der Waals surface area contributed by atoms with Crippen LogP contribution in [-0.2, 0) is 16.0 Å². The Bertz CT molecular complexity index is 844. The van der Waals surface area contributed by atoms with Gasteiger partial charge in [-0.15, -0.1) is 0 Å². The van der Waals surface area contributed by atoms with Crippen LogP contribution in [0.3, 0.4) is 0 Å². The summed E-state index contributed by atoms with van der Waals surface area (Å²) >= 11 is 6.03. The van der Waals surface area contributed by atoms with Gasteiger partial charge in [-0.1, -0.05) is 41.9 Å². The molecule has 3 rings (SSSR count). The minimum Gasteiger partial charge on any atom is -0.469 e. The summed E-state index contributed by atoms with van der Waals surface area (Å²) in [5, 5.41) is 1.75. The molecule has 0 aliphatic rings. The van der Waals surface area contributed by atoms with E-state index in [9.17, 15) is 4.79 Å². The molecule has 0 unspecified atom stereocenters. The van der Waals surface area contributed by atoms with Crippen LogP contribution in [0, 0.1) is 0 Å². The molecule has 0 N–H and O–H groups in total. The van der Waals surface area contributed by atoms with Gasteiger partial charge in [0, 0.05) is 23.0 Å². The van der Waals surface area contributed by atoms with Crippen LogP contribution >= 0.6 is 11.6 Å². The third kappa shape index (κ3) is 3.51. The van der Waals surface area contributed by atoms with Gasteiger partial charge in [-0.2, -0.15) is 0 Å². The van der Waals surface area contributed by atoms with Gasteiger partial charge in [0.2, 0.25) is 0 Å². The topological polar surface area (TPSA) is 39.2 Å². The molecular formula is C19H16ClNO2. The Hall–Kier alpha value is -2.39. The van der Waals surface area contributed by atoms with Gasteiger partial charge >= 0.3 is 5.97 Å². The van der Waals surface area contributed by atoms with E-state index in [1.807, 2.05) is 36.4 Å². The molecule has 116 valence electrons. The Kier molecular flexibility index (Phi) is 4.58. The first-order valence-electron chi connectivity index (χ1n) is 7.38. The van der Waals surface area contributed by atoms with Crippen LogP contribution in [0.25, 0.3) is 22.0 Å². The van der Waals surface area contributed by atoms with Gasteiger partial charge in [-0.05, 0) is 41.3 Å². The lowest BCUT2D eigenvalue weighted by Crippen LogP contribution is -2.01. The van der Waals surface area contributed by atoms with Crippen LogP contribution in [-0.4, -0.2) is 18.1 Å². The maximum absolute atomic E-state index is 11.2. The highest BCUT2D eigenvalue weighted by Gasteiger charge is 2.06. The van der Waals surface area contributed by atoms with E-state index in [0.29, 0.717) is 17.9 Å². The van der Waals surface area contributed by atoms with Crippen molar-refractivity contribution >= 4 is 28.5 Å². The molecule has 0 amide bonds. The number of ether oxygens (including phenoxy) is 1. The van der Waals surface area contributed by atoms with Gasteiger partial charge in [0.05, 0.1) is 12.6 Å². The molecule has 3 aromatic rings. The number of halogens is 1. The highest BCUT2D eigenvalue weighted by molar-refractivity contribution is 6.31. The first-order chi connectivity index (χ1) is 11.2. The van der Waals surface area contributed by atoms with Gasteiger partial charge in [-0.25, -0.2) is 0 Å². The largest absolute Gasteiger partial charge is 0.469 e. The number of benzene rings is 2. The number of methoxy groups -OCH3 is 1. The third-order valence-corrected chi connectivity index (χ3v) is 4.05. The van der Waals surface area contributed by atoms with E-state index >= 15 is 0 Å². The van der Waals surface area contributed by atoms with Gasteiger partial charge in [-0.3, -0.25) is 9.78 Å². The molecule has 1 heterocycles. The summed E-state index contributed by atoms with van der Waals surface area (Å²) in [6, 6.07) is 15.9. The van der Waals surface area contributed by atoms with Crippen LogP contribution in [0.5, 0.6) is 0 Å². The zero-order valence-electron chi connectivity index (χ0n) is 12.8. The van der Waals surface area contributed by atoms with Crippen molar-refractivity contribution in [2.45, 2.75) is 12.8 Å². The highest BCUT2D eigenvalue weighted by Crippen LogP contribution is 2.29. The predicted octanol–water partition coefficient (Wildman–Crippen LogP) is 4.66. The second kappa shape index (κ2) is 6.80. The SMILES string of the molecule is COC(=O)CCc1ccc(-c2ccnc3cc(Cl)ccc23)cc1. The first kappa shape index (κ1) is 15.5. The number of carbonyl (C=O) groups is 1. The summed E-state index contributed by atoms with van der Waals surface area (Å²) < 4.78 is 4.67. The number of fused-ring (bicyclic) bond motifs is 1. The molecule has 0 spiro atoms. The molecule has 1 aromatic heterocycles. The minimum absolute atomic E-state index is 0.189. The highest BCUT2D eigenvalue weighted by atomic mass is 35.5. The van der Waals surface area contributed by atoms with Crippen molar-refractivity contribution in [3.05, 3.63) is 65.3 Å². The number of aromatic nitrogens is 1. The van der Waals surface area contributed by atoms with E-state index in [0.717, 1.165) is 27.6 Å². The van der Waals surface area contributed by atoms with E-state index < -0.39 is 0 Å². The number of hydrogen-bond donors (Lipinski definition) is 0. The monoisotopic (exact) mass is 325 g/mol. The second-order valence-corrected chi connectivity index (χ2v) is 5.73. The Balaban J connectivity index is 1.89. The molecule has 0 aliphatic heterocycles. The van der Waals surface area contributed by atoms with Gasteiger partial charge < -0.3 is 4.74 Å². The van der Waals surface area contributed by atoms with Crippen LogP contribution in [0.4, 0.5) is 0 Å². The number of aryl methyl sites for hydroxylation is 1. The fourth-order valence-electron chi connectivity index (χ4n) is 2.57. The van der Waals surface area contributed by atoms with Crippen molar-refractivity contribution in [1.29, 1.82) is 0 Å². The molecule has 0 fully saturated rings. The van der Waals surface area contributed by atoms with Crippen molar-refractivity contribution in [1.82, 2.24) is 4.98 Å². The average Bonchev–Trinajstić information content (AvgIpc) is 2.59. The molecule has 2 aromatic carbocycles. The average molecular weight is 326 g/mol. The maximum atomic E-state index is 11.2. The first-order valence-corrected chi connectivity index (χ1v) is 7.75. The fourth-order valence-corrected chi connectivity index (χ4v) is 2.74. The number of rotatable bonds is 4. The lowest BCUT2D eigenvalue weighted by atomic mass is 9.99. The van der Waals surface area contributed by atoms with E-state index in [1.165, 1.54) is 7.11 Å². The molecule has 0 bridgehead atoms. The quantitative estimate of drug-likeness (QED) is 0.655. The Morgan fingerprint density at radius 1 is 1.13 bits per heavy atom. The van der Waals surface area contributed by atoms with Crippen molar-refractivity contribution < 1.29 is 9.53 Å². The maximum Gasteiger partial charge on any atom is 0.305 e. The third-order valence-electron chi connectivity index (χ3n) is 3.82. The molecule has 0 saturated heterocycles. The summed E-state index contributed by atoms with van der Waals surface area (Å²) in [5.41, 5.74) is 4.22. The van der Waals surface area contributed by atoms with Gasteiger partial charge in [0.25, 0.3) is 0 Å². The lowest BCUT2D eigenvalue weighted by Gasteiger charge is -2.08. The fraction of sp³-hybridized carbons (Fsp3) is 0.158. The van der Waals surface area contributed by atoms with Crippen molar-refractivity contribution in [2.75, 3.05) is 7.11 Å². The number of nitrogens with zero attached hydrogens (tertiary/aromatic N) is 1. The van der Waals surface area contributed by atoms with Crippen LogP contribution in [0.15, 0.2) is 54.7 Å². The molecule has 4 heteroatoms. The zero-order valence-corrected chi connectivity index (χ0v) is 13.5. The minimum atomic E-state index is -0.189. The predicted molar refractivity (Wildman–Crippen MR) is 92.5 cm³/mol. The normalized spacial score (nSPS) is 10.7. The lowest BCUT2D eigenvalue weighted by molar-refractivity contribution is -0.140. The van der Waals surface area contributed by atoms with Crippen molar-refractivity contribution in [3.63, 3.8) is 0 Å². The van der Waals surface area contributed by atoms with Gasteiger partial charge in [0.1, 0.15) is 0 Å². The smallest absolute Gasteiger partial charge is 0.305 e. The summed E-state index contributed by atoms with van der Waals surface area (Å²) in [5.74, 6) is -0.189. The zero-order chi connectivity index (χ0) is 16.2. The van der Waals surface area contributed by atoms with Gasteiger partial charge in [0.15, 0.2) is 0 Å². The van der Waals surface area contributed by atoms with E-state index in [-0.39, 0.29) is 5.97 Å². The number of pyridine rings is 1. The standard InChI is InChI=1S/C19H16ClNO2/c1-23-19(22)9-4-13-2-5-14(6-3-13)16-10-11-21-18-12-15(20)7-8-17(16)18/h2-3,5-8,10-12H,4,9H2,1H3. The van der Waals surface area contributed by atoms with Crippen LogP contribution < -0.4 is 0 Å². The molecule has 0 radical (unpaired) electrons. The molecule has 23 heavy (non-hydrogen) atoms. The molecule has 0 saturated carbocycles. The Labute approximate surface area is 139 Å². The molecular weight excluding hydrogens is 310 g/mol. The summed E-state index contributed by atoms with van der Waals surface area (Å²) in [4.78, 5) is 15.6. The van der Waals surface area contributed by atoms with E-state index in [1.54, 1.807) is 6.20 Å². The summed E-state index contributed by atoms with van der Waals surface area (Å²) in [6.45, 7) is 0. The molecule has 0 aliphatic carbocycles.